The smallest absolute Gasteiger partial charge is 0.364 e. The third-order valence-corrected chi connectivity index (χ3v) is 2.89. The molecule has 1 heterocycles. The van der Waals surface area contributed by atoms with Crippen LogP contribution in [0.5, 0.6) is 5.75 Å². The van der Waals surface area contributed by atoms with Crippen LogP contribution in [-0.2, 0) is 0 Å². The summed E-state index contributed by atoms with van der Waals surface area (Å²) in [4.78, 5) is 0. The van der Waals surface area contributed by atoms with Crippen molar-refractivity contribution >= 4 is 23.1 Å². The number of phenolic OH excluding ortho intramolecular Hbond substituents is 1. The molecule has 0 bridgehead atoms. The molecule has 1 aromatic heterocycles. The molecule has 0 atom stereocenters. The van der Waals surface area contributed by atoms with Gasteiger partial charge < -0.3 is 5.11 Å². The summed E-state index contributed by atoms with van der Waals surface area (Å²) in [6, 6.07) is 19.0. The van der Waals surface area contributed by atoms with E-state index in [4.69, 9.17) is 4.42 Å². The van der Waals surface area contributed by atoms with Crippen LogP contribution in [0.25, 0.3) is 23.1 Å². The van der Waals surface area contributed by atoms with Crippen LogP contribution < -0.4 is 0 Å². The number of phenols is 1. The number of rotatable bonds is 2. The first-order valence-electron chi connectivity index (χ1n) is 6.10. The Morgan fingerprint density at radius 1 is 0.842 bits per heavy atom. The van der Waals surface area contributed by atoms with Gasteiger partial charge in [0.2, 0.25) is 0 Å². The number of benzene rings is 2. The summed E-state index contributed by atoms with van der Waals surface area (Å²) in [5.41, 5.74) is 1.80. The van der Waals surface area contributed by atoms with Crippen LogP contribution in [-0.4, -0.2) is 5.11 Å². The van der Waals surface area contributed by atoms with Gasteiger partial charge >= 0.3 is 11.3 Å². The fraction of sp³-hybridized carbons (Fsp3) is 0. The summed E-state index contributed by atoms with van der Waals surface area (Å²) >= 11 is 0. The summed E-state index contributed by atoms with van der Waals surface area (Å²) in [6.07, 6.45) is 3.91. The average Bonchev–Trinajstić information content (AvgIpc) is 2.46. The third-order valence-electron chi connectivity index (χ3n) is 2.89. The summed E-state index contributed by atoms with van der Waals surface area (Å²) in [5.74, 6) is 0.961. The lowest BCUT2D eigenvalue weighted by Gasteiger charge is -1.91. The molecule has 0 aliphatic rings. The van der Waals surface area contributed by atoms with Gasteiger partial charge in [0.15, 0.2) is 0 Å². The molecule has 0 amide bonds. The van der Waals surface area contributed by atoms with Gasteiger partial charge in [0.05, 0.1) is 11.5 Å². The maximum atomic E-state index is 9.45. The molecule has 0 spiro atoms. The highest BCUT2D eigenvalue weighted by atomic mass is 16.3. The fourth-order valence-electron chi connectivity index (χ4n) is 1.91. The standard InChI is InChI=1S/C17H12O2/c18-15-9-7-14-8-11-16(19-17(14)12-15)10-6-13-4-2-1-3-5-13/h1-12H/p+1/b10-6+. The average molecular weight is 249 g/mol. The topological polar surface area (TPSA) is 31.5 Å². The number of fused-ring (bicyclic) bond motifs is 1. The van der Waals surface area contributed by atoms with E-state index in [0.29, 0.717) is 5.58 Å². The van der Waals surface area contributed by atoms with E-state index in [1.165, 1.54) is 0 Å². The van der Waals surface area contributed by atoms with Gasteiger partial charge in [-0.05, 0) is 29.8 Å². The van der Waals surface area contributed by atoms with E-state index < -0.39 is 0 Å². The second-order valence-corrected chi connectivity index (χ2v) is 4.30. The lowest BCUT2D eigenvalue weighted by molar-refractivity contribution is 0.474. The quantitative estimate of drug-likeness (QED) is 0.673. The monoisotopic (exact) mass is 249 g/mol. The van der Waals surface area contributed by atoms with E-state index in [-0.39, 0.29) is 5.75 Å². The molecule has 0 radical (unpaired) electrons. The van der Waals surface area contributed by atoms with Crippen molar-refractivity contribution in [3.8, 4) is 5.75 Å². The van der Waals surface area contributed by atoms with Gasteiger partial charge in [-0.15, -0.1) is 0 Å². The van der Waals surface area contributed by atoms with Crippen molar-refractivity contribution in [1.29, 1.82) is 0 Å². The van der Waals surface area contributed by atoms with Crippen molar-refractivity contribution in [3.05, 3.63) is 72.0 Å². The normalized spacial score (nSPS) is 11.2. The molecule has 0 unspecified atom stereocenters. The van der Waals surface area contributed by atoms with E-state index in [1.54, 1.807) is 12.1 Å². The Hall–Kier alpha value is -2.61. The number of aromatic hydroxyl groups is 1. The molecule has 1 N–H and O–H groups in total. The number of hydrogen-bond donors (Lipinski definition) is 1. The minimum Gasteiger partial charge on any atom is -0.508 e. The predicted octanol–water partition coefficient (Wildman–Crippen LogP) is 4.59. The minimum atomic E-state index is 0.209. The Morgan fingerprint density at radius 2 is 1.63 bits per heavy atom. The van der Waals surface area contributed by atoms with Crippen LogP contribution in [0.1, 0.15) is 11.3 Å². The van der Waals surface area contributed by atoms with Crippen molar-refractivity contribution in [2.45, 2.75) is 0 Å². The molecule has 0 saturated heterocycles. The van der Waals surface area contributed by atoms with Crippen LogP contribution in [0.15, 0.2) is 65.1 Å². The summed E-state index contributed by atoms with van der Waals surface area (Å²) in [5, 5.41) is 10.4. The van der Waals surface area contributed by atoms with Crippen LogP contribution in [0.2, 0.25) is 0 Å². The Bertz CT molecular complexity index is 731. The maximum Gasteiger partial charge on any atom is 0.364 e. The molecule has 2 aromatic carbocycles. The zero-order chi connectivity index (χ0) is 13.1. The highest BCUT2D eigenvalue weighted by Gasteiger charge is 2.09. The highest BCUT2D eigenvalue weighted by Crippen LogP contribution is 2.22. The van der Waals surface area contributed by atoms with E-state index in [9.17, 15) is 5.11 Å². The zero-order valence-corrected chi connectivity index (χ0v) is 10.3. The van der Waals surface area contributed by atoms with Gasteiger partial charge in [-0.3, -0.25) is 0 Å². The van der Waals surface area contributed by atoms with Crippen molar-refractivity contribution in [2.75, 3.05) is 0 Å². The summed E-state index contributed by atoms with van der Waals surface area (Å²) < 4.78 is 5.72. The van der Waals surface area contributed by atoms with Crippen LogP contribution in [0, 0.1) is 0 Å². The Labute approximate surface area is 111 Å². The van der Waals surface area contributed by atoms with Gasteiger partial charge in [0.25, 0.3) is 0 Å². The van der Waals surface area contributed by atoms with Crippen molar-refractivity contribution in [2.24, 2.45) is 0 Å². The van der Waals surface area contributed by atoms with Crippen molar-refractivity contribution in [3.63, 3.8) is 0 Å². The minimum absolute atomic E-state index is 0.209. The predicted molar refractivity (Wildman–Crippen MR) is 77.7 cm³/mol. The molecule has 3 aromatic rings. The van der Waals surface area contributed by atoms with Crippen LogP contribution in [0.4, 0.5) is 0 Å². The van der Waals surface area contributed by atoms with Gasteiger partial charge in [0, 0.05) is 12.1 Å². The molecule has 2 nitrogen and oxygen atoms in total. The number of hydrogen-bond acceptors (Lipinski definition) is 1. The molecule has 2 heteroatoms. The largest absolute Gasteiger partial charge is 0.508 e. The molecule has 92 valence electrons. The summed E-state index contributed by atoms with van der Waals surface area (Å²) in [7, 11) is 0. The fourth-order valence-corrected chi connectivity index (χ4v) is 1.91. The molecular weight excluding hydrogens is 236 g/mol. The molecular formula is C17H13O2+. The Kier molecular flexibility index (Phi) is 2.99. The van der Waals surface area contributed by atoms with Gasteiger partial charge in [-0.2, -0.15) is 0 Å². The Balaban J connectivity index is 1.95. The van der Waals surface area contributed by atoms with E-state index in [2.05, 4.69) is 0 Å². The first-order valence-corrected chi connectivity index (χ1v) is 6.10. The molecule has 3 rings (SSSR count). The second kappa shape index (κ2) is 4.94. The SMILES string of the molecule is Oc1ccc2ccc(/C=C/c3ccccc3)[o+]c2c1. The molecule has 0 saturated carbocycles. The van der Waals surface area contributed by atoms with Gasteiger partial charge in [-0.25, -0.2) is 4.42 Å². The Morgan fingerprint density at radius 3 is 2.47 bits per heavy atom. The van der Waals surface area contributed by atoms with E-state index in [0.717, 1.165) is 16.7 Å². The second-order valence-electron chi connectivity index (χ2n) is 4.30. The third kappa shape index (κ3) is 2.63. The van der Waals surface area contributed by atoms with Crippen LogP contribution >= 0.6 is 0 Å². The molecule has 0 aliphatic heterocycles. The van der Waals surface area contributed by atoms with Crippen LogP contribution in [0.3, 0.4) is 0 Å². The lowest BCUT2D eigenvalue weighted by Crippen LogP contribution is -1.76. The first-order chi connectivity index (χ1) is 9.31. The molecule has 0 aliphatic carbocycles. The zero-order valence-electron chi connectivity index (χ0n) is 10.3. The van der Waals surface area contributed by atoms with Crippen molar-refractivity contribution < 1.29 is 9.52 Å². The van der Waals surface area contributed by atoms with E-state index in [1.807, 2.05) is 60.7 Å². The van der Waals surface area contributed by atoms with Gasteiger partial charge in [-0.1, -0.05) is 30.3 Å². The van der Waals surface area contributed by atoms with E-state index >= 15 is 0 Å². The van der Waals surface area contributed by atoms with Crippen molar-refractivity contribution in [1.82, 2.24) is 0 Å². The molecule has 0 fully saturated rings. The van der Waals surface area contributed by atoms with Gasteiger partial charge in [0.1, 0.15) is 5.75 Å². The summed E-state index contributed by atoms with van der Waals surface area (Å²) in [6.45, 7) is 0. The maximum absolute atomic E-state index is 9.45. The highest BCUT2D eigenvalue weighted by molar-refractivity contribution is 5.79. The molecule has 19 heavy (non-hydrogen) atoms. The lowest BCUT2D eigenvalue weighted by atomic mass is 10.2. The first kappa shape index (κ1) is 11.5.